The Morgan fingerprint density at radius 3 is 2.09 bits per heavy atom. The van der Waals surface area contributed by atoms with Gasteiger partial charge in [-0.3, -0.25) is 5.32 Å². The van der Waals surface area contributed by atoms with Gasteiger partial charge in [0.2, 0.25) is 0 Å². The van der Waals surface area contributed by atoms with Gasteiger partial charge in [-0.2, -0.15) is 13.2 Å². The summed E-state index contributed by atoms with van der Waals surface area (Å²) in [5.41, 5.74) is -0.0384. The van der Waals surface area contributed by atoms with E-state index < -0.39 is 29.4 Å². The molecule has 3 aromatic carbocycles. The summed E-state index contributed by atoms with van der Waals surface area (Å²) in [4.78, 5) is 23.3. The molecule has 0 heterocycles. The second-order valence-electron chi connectivity index (χ2n) is 8.30. The predicted octanol–water partition coefficient (Wildman–Crippen LogP) is 6.34. The van der Waals surface area contributed by atoms with Crippen LogP contribution in [-0.4, -0.2) is 22.8 Å². The molecule has 0 radical (unpaired) electrons. The van der Waals surface area contributed by atoms with Gasteiger partial charge in [0.05, 0.1) is 5.56 Å². The zero-order chi connectivity index (χ0) is 25.6. The Balaban J connectivity index is 1.53. The van der Waals surface area contributed by atoms with E-state index in [2.05, 4.69) is 5.32 Å². The summed E-state index contributed by atoms with van der Waals surface area (Å²) in [5.74, 6) is -0.307. The van der Waals surface area contributed by atoms with E-state index in [0.29, 0.717) is 24.3 Å². The van der Waals surface area contributed by atoms with Gasteiger partial charge in [0.15, 0.2) is 5.60 Å². The number of nitrogens with one attached hydrogen (secondary N) is 1. The molecule has 184 valence electrons. The van der Waals surface area contributed by atoms with E-state index in [1.54, 1.807) is 30.3 Å². The van der Waals surface area contributed by atoms with Crippen LogP contribution in [0.25, 0.3) is 0 Å². The van der Waals surface area contributed by atoms with Crippen molar-refractivity contribution >= 4 is 17.7 Å². The van der Waals surface area contributed by atoms with Crippen molar-refractivity contribution < 1.29 is 37.3 Å². The van der Waals surface area contributed by atoms with E-state index >= 15 is 0 Å². The van der Waals surface area contributed by atoms with Crippen LogP contribution >= 0.6 is 0 Å². The number of carboxylic acids is 1. The number of amides is 1. The maximum absolute atomic E-state index is 12.6. The van der Waals surface area contributed by atoms with Gasteiger partial charge in [0, 0.05) is 5.69 Å². The van der Waals surface area contributed by atoms with Gasteiger partial charge in [0.25, 0.3) is 0 Å². The number of carboxylic acid groups (broad SMARTS) is 1. The molecule has 2 N–H and O–H groups in total. The van der Waals surface area contributed by atoms with Gasteiger partial charge in [-0.05, 0) is 86.3 Å². The van der Waals surface area contributed by atoms with Gasteiger partial charge in [-0.1, -0.05) is 24.3 Å². The first-order valence-corrected chi connectivity index (χ1v) is 10.7. The number of hydrogen-bond acceptors (Lipinski definition) is 4. The molecule has 0 aliphatic rings. The normalized spacial score (nSPS) is 11.6. The van der Waals surface area contributed by atoms with Crippen LogP contribution in [0.5, 0.6) is 11.5 Å². The van der Waals surface area contributed by atoms with Crippen LogP contribution in [-0.2, 0) is 23.8 Å². The zero-order valence-corrected chi connectivity index (χ0v) is 19.1. The molecule has 9 heteroatoms. The lowest BCUT2D eigenvalue weighted by Crippen LogP contribution is -2.37. The van der Waals surface area contributed by atoms with Crippen molar-refractivity contribution in [3.05, 3.63) is 89.5 Å². The van der Waals surface area contributed by atoms with E-state index in [1.165, 1.54) is 13.8 Å². The maximum atomic E-state index is 12.6. The Morgan fingerprint density at radius 1 is 0.857 bits per heavy atom. The molecule has 0 unspecified atom stereocenters. The van der Waals surface area contributed by atoms with Crippen LogP contribution in [0.15, 0.2) is 72.8 Å². The van der Waals surface area contributed by atoms with E-state index in [4.69, 9.17) is 14.6 Å². The summed E-state index contributed by atoms with van der Waals surface area (Å²) in [7, 11) is 0. The molecule has 0 fully saturated rings. The highest BCUT2D eigenvalue weighted by Gasteiger charge is 2.30. The molecule has 0 saturated heterocycles. The summed E-state index contributed by atoms with van der Waals surface area (Å²) >= 11 is 0. The number of benzene rings is 3. The highest BCUT2D eigenvalue weighted by Crippen LogP contribution is 2.30. The first kappa shape index (κ1) is 25.6. The summed E-state index contributed by atoms with van der Waals surface area (Å²) < 4.78 is 48.7. The topological polar surface area (TPSA) is 84.9 Å². The fraction of sp³-hybridized carbons (Fsp3) is 0.231. The molecule has 35 heavy (non-hydrogen) atoms. The number of aryl methyl sites for hydroxylation is 2. The molecular formula is C26H24F3NO5. The van der Waals surface area contributed by atoms with Crippen LogP contribution < -0.4 is 14.8 Å². The van der Waals surface area contributed by atoms with Crippen LogP contribution in [0, 0.1) is 0 Å². The van der Waals surface area contributed by atoms with E-state index in [1.807, 2.05) is 18.2 Å². The summed E-state index contributed by atoms with van der Waals surface area (Å²) in [6.45, 7) is 2.95. The van der Waals surface area contributed by atoms with Crippen molar-refractivity contribution in [3.63, 3.8) is 0 Å². The number of alkyl halides is 3. The van der Waals surface area contributed by atoms with Crippen molar-refractivity contribution in [1.82, 2.24) is 0 Å². The SMILES string of the molecule is CC(C)(Oc1ccc(CCc2cccc(OC(=O)Nc3ccc(C(F)(F)F)cc3)c2)cc1)C(=O)O. The maximum Gasteiger partial charge on any atom is 0.417 e. The average molecular weight is 487 g/mol. The molecular weight excluding hydrogens is 463 g/mol. The molecule has 0 aliphatic heterocycles. The minimum atomic E-state index is -4.45. The largest absolute Gasteiger partial charge is 0.478 e. The number of hydrogen-bond donors (Lipinski definition) is 2. The first-order chi connectivity index (χ1) is 16.4. The van der Waals surface area contributed by atoms with Crippen molar-refractivity contribution in [2.45, 2.75) is 38.5 Å². The third-order valence-corrected chi connectivity index (χ3v) is 5.08. The molecule has 0 aliphatic carbocycles. The quantitative estimate of drug-likeness (QED) is 0.387. The Labute approximate surface area is 200 Å². The third-order valence-electron chi connectivity index (χ3n) is 5.08. The van der Waals surface area contributed by atoms with Crippen molar-refractivity contribution in [2.75, 3.05) is 5.32 Å². The van der Waals surface area contributed by atoms with Crippen LogP contribution in [0.3, 0.4) is 0 Å². The molecule has 0 aromatic heterocycles. The number of carbonyl (C=O) groups excluding carboxylic acids is 1. The summed E-state index contributed by atoms with van der Waals surface area (Å²) in [6, 6.07) is 18.1. The fourth-order valence-corrected chi connectivity index (χ4v) is 3.11. The summed E-state index contributed by atoms with van der Waals surface area (Å²) in [6.07, 6.45) is -3.93. The molecule has 0 saturated carbocycles. The highest BCUT2D eigenvalue weighted by atomic mass is 19.4. The number of carbonyl (C=O) groups is 2. The lowest BCUT2D eigenvalue weighted by atomic mass is 10.0. The predicted molar refractivity (Wildman–Crippen MR) is 124 cm³/mol. The first-order valence-electron chi connectivity index (χ1n) is 10.7. The third kappa shape index (κ3) is 7.49. The van der Waals surface area contributed by atoms with Gasteiger partial charge in [-0.25, -0.2) is 9.59 Å². The van der Waals surface area contributed by atoms with E-state index in [9.17, 15) is 22.8 Å². The van der Waals surface area contributed by atoms with Crippen LogP contribution in [0.2, 0.25) is 0 Å². The Kier molecular flexibility index (Phi) is 7.68. The minimum Gasteiger partial charge on any atom is -0.478 e. The number of rotatable bonds is 8. The molecule has 0 bridgehead atoms. The molecule has 3 rings (SSSR count). The number of ether oxygens (including phenoxy) is 2. The monoisotopic (exact) mass is 487 g/mol. The lowest BCUT2D eigenvalue weighted by molar-refractivity contribution is -0.152. The van der Waals surface area contributed by atoms with Gasteiger partial charge < -0.3 is 14.6 Å². The van der Waals surface area contributed by atoms with Gasteiger partial charge in [-0.15, -0.1) is 0 Å². The smallest absolute Gasteiger partial charge is 0.417 e. The Hall–Kier alpha value is -4.01. The van der Waals surface area contributed by atoms with Gasteiger partial charge >= 0.3 is 18.2 Å². The molecule has 0 spiro atoms. The highest BCUT2D eigenvalue weighted by molar-refractivity contribution is 5.86. The molecule has 6 nitrogen and oxygen atoms in total. The Bertz CT molecular complexity index is 1170. The number of anilines is 1. The molecule has 3 aromatic rings. The lowest BCUT2D eigenvalue weighted by Gasteiger charge is -2.21. The van der Waals surface area contributed by atoms with Crippen LogP contribution in [0.1, 0.15) is 30.5 Å². The molecule has 1 amide bonds. The molecule has 0 atom stereocenters. The minimum absolute atomic E-state index is 0.179. The van der Waals surface area contributed by atoms with E-state index in [0.717, 1.165) is 35.4 Å². The van der Waals surface area contributed by atoms with Crippen LogP contribution in [0.4, 0.5) is 23.7 Å². The van der Waals surface area contributed by atoms with E-state index in [-0.39, 0.29) is 5.69 Å². The number of halogens is 3. The zero-order valence-electron chi connectivity index (χ0n) is 19.1. The Morgan fingerprint density at radius 2 is 1.49 bits per heavy atom. The summed E-state index contributed by atoms with van der Waals surface area (Å²) in [5, 5.41) is 11.6. The van der Waals surface area contributed by atoms with Gasteiger partial charge in [0.1, 0.15) is 11.5 Å². The second-order valence-corrected chi connectivity index (χ2v) is 8.30. The second kappa shape index (κ2) is 10.5. The standard InChI is InChI=1S/C26H24F3NO5/c1-25(2,23(31)32)35-21-14-8-17(9-15-21)6-7-18-4-3-5-22(16-18)34-24(33)30-20-12-10-19(11-13-20)26(27,28)29/h3-5,8-16H,6-7H2,1-2H3,(H,30,33)(H,31,32). The fourth-order valence-electron chi connectivity index (χ4n) is 3.11. The number of aliphatic carboxylic acids is 1. The average Bonchev–Trinajstić information content (AvgIpc) is 2.78. The van der Waals surface area contributed by atoms with Crippen molar-refractivity contribution in [1.29, 1.82) is 0 Å². The van der Waals surface area contributed by atoms with Crippen molar-refractivity contribution in [2.24, 2.45) is 0 Å². The van der Waals surface area contributed by atoms with Crippen molar-refractivity contribution in [3.8, 4) is 11.5 Å².